The monoisotopic (exact) mass is 277 g/mol. The second-order valence-electron chi connectivity index (χ2n) is 5.31. The lowest BCUT2D eigenvalue weighted by molar-refractivity contribution is -0.144. The molecule has 1 aliphatic rings. The van der Waals surface area contributed by atoms with Gasteiger partial charge in [-0.15, -0.1) is 0 Å². The molecule has 0 bridgehead atoms. The fraction of sp³-hybridized carbons (Fsp3) is 0.562. The molecule has 0 amide bonds. The quantitative estimate of drug-likeness (QED) is 0.899. The van der Waals surface area contributed by atoms with Crippen LogP contribution in [0.1, 0.15) is 37.3 Å². The third-order valence-electron chi connectivity index (χ3n) is 4.07. The molecule has 1 aromatic rings. The molecule has 1 N–H and O–H groups in total. The van der Waals surface area contributed by atoms with Gasteiger partial charge in [0.2, 0.25) is 0 Å². The van der Waals surface area contributed by atoms with Crippen molar-refractivity contribution < 1.29 is 14.6 Å². The van der Waals surface area contributed by atoms with E-state index < -0.39 is 5.97 Å². The summed E-state index contributed by atoms with van der Waals surface area (Å²) in [6.45, 7) is 3.69. The van der Waals surface area contributed by atoms with Crippen LogP contribution in [0.2, 0.25) is 0 Å². The number of rotatable bonds is 5. The topological polar surface area (TPSA) is 49.8 Å². The molecule has 1 aliphatic heterocycles. The molecular formula is C16H23NO3. The van der Waals surface area contributed by atoms with Gasteiger partial charge in [0, 0.05) is 6.54 Å². The van der Waals surface area contributed by atoms with E-state index in [1.54, 1.807) is 7.11 Å². The number of methoxy groups -OCH3 is 1. The highest BCUT2D eigenvalue weighted by Gasteiger charge is 2.28. The van der Waals surface area contributed by atoms with E-state index in [9.17, 15) is 9.90 Å². The summed E-state index contributed by atoms with van der Waals surface area (Å²) in [6, 6.07) is 5.73. The van der Waals surface area contributed by atoms with E-state index in [1.807, 2.05) is 6.07 Å². The zero-order valence-corrected chi connectivity index (χ0v) is 12.3. The van der Waals surface area contributed by atoms with Gasteiger partial charge in [-0.1, -0.05) is 19.4 Å². The second-order valence-corrected chi connectivity index (χ2v) is 5.31. The molecule has 2 rings (SSSR count). The van der Waals surface area contributed by atoms with Crippen molar-refractivity contribution in [2.24, 2.45) is 0 Å². The summed E-state index contributed by atoms with van der Waals surface area (Å²) in [5.41, 5.74) is 2.44. The summed E-state index contributed by atoms with van der Waals surface area (Å²) in [6.07, 6.45) is 3.78. The maximum Gasteiger partial charge on any atom is 0.320 e. The molecule has 1 saturated heterocycles. The Labute approximate surface area is 120 Å². The Kier molecular flexibility index (Phi) is 5.01. The second kappa shape index (κ2) is 6.75. The SMILES string of the molecule is CCc1cc(OC)ccc1CN1CCCCC1C(=O)O. The lowest BCUT2D eigenvalue weighted by atomic mass is 9.99. The average molecular weight is 277 g/mol. The number of carboxylic acid groups (broad SMARTS) is 1. The minimum atomic E-state index is -0.698. The van der Waals surface area contributed by atoms with Crippen LogP contribution in [0.4, 0.5) is 0 Å². The molecule has 110 valence electrons. The molecule has 0 aliphatic carbocycles. The van der Waals surface area contributed by atoms with Gasteiger partial charge in [-0.05, 0) is 49.1 Å². The van der Waals surface area contributed by atoms with E-state index in [4.69, 9.17) is 4.74 Å². The summed E-state index contributed by atoms with van der Waals surface area (Å²) in [4.78, 5) is 13.4. The van der Waals surface area contributed by atoms with Crippen LogP contribution in [-0.4, -0.2) is 35.7 Å². The zero-order valence-electron chi connectivity index (χ0n) is 12.3. The van der Waals surface area contributed by atoms with Crippen molar-refractivity contribution in [1.29, 1.82) is 0 Å². The number of hydrogen-bond acceptors (Lipinski definition) is 3. The molecule has 1 fully saturated rings. The molecule has 0 aromatic heterocycles. The highest BCUT2D eigenvalue weighted by atomic mass is 16.5. The highest BCUT2D eigenvalue weighted by Crippen LogP contribution is 2.24. The van der Waals surface area contributed by atoms with Crippen molar-refractivity contribution in [3.05, 3.63) is 29.3 Å². The van der Waals surface area contributed by atoms with Crippen LogP contribution in [0, 0.1) is 0 Å². The largest absolute Gasteiger partial charge is 0.497 e. The lowest BCUT2D eigenvalue weighted by Crippen LogP contribution is -2.44. The van der Waals surface area contributed by atoms with Crippen LogP contribution in [0.5, 0.6) is 5.75 Å². The molecule has 1 aromatic carbocycles. The number of nitrogens with zero attached hydrogens (tertiary/aromatic N) is 1. The summed E-state index contributed by atoms with van der Waals surface area (Å²) >= 11 is 0. The number of ether oxygens (including phenoxy) is 1. The first-order chi connectivity index (χ1) is 9.65. The predicted molar refractivity (Wildman–Crippen MR) is 78.1 cm³/mol. The van der Waals surface area contributed by atoms with Gasteiger partial charge < -0.3 is 9.84 Å². The fourth-order valence-corrected chi connectivity index (χ4v) is 2.89. The van der Waals surface area contributed by atoms with Crippen molar-refractivity contribution in [2.75, 3.05) is 13.7 Å². The van der Waals surface area contributed by atoms with Crippen LogP contribution < -0.4 is 4.74 Å². The Morgan fingerprint density at radius 2 is 2.20 bits per heavy atom. The molecule has 4 heteroatoms. The van der Waals surface area contributed by atoms with Crippen molar-refractivity contribution in [3.63, 3.8) is 0 Å². The first-order valence-electron chi connectivity index (χ1n) is 7.28. The predicted octanol–water partition coefficient (Wildman–Crippen LogP) is 2.70. The Morgan fingerprint density at radius 1 is 1.40 bits per heavy atom. The summed E-state index contributed by atoms with van der Waals surface area (Å²) in [5, 5.41) is 9.33. The van der Waals surface area contributed by atoms with Gasteiger partial charge in [-0.2, -0.15) is 0 Å². The molecule has 0 radical (unpaired) electrons. The van der Waals surface area contributed by atoms with Crippen LogP contribution in [0.3, 0.4) is 0 Å². The molecular weight excluding hydrogens is 254 g/mol. The van der Waals surface area contributed by atoms with Crippen molar-refractivity contribution in [1.82, 2.24) is 4.90 Å². The van der Waals surface area contributed by atoms with Gasteiger partial charge in [0.05, 0.1) is 7.11 Å². The fourth-order valence-electron chi connectivity index (χ4n) is 2.89. The van der Waals surface area contributed by atoms with E-state index in [0.717, 1.165) is 38.0 Å². The van der Waals surface area contributed by atoms with Crippen LogP contribution in [-0.2, 0) is 17.8 Å². The molecule has 1 heterocycles. The number of piperidine rings is 1. The zero-order chi connectivity index (χ0) is 14.5. The average Bonchev–Trinajstić information content (AvgIpc) is 2.48. The number of benzene rings is 1. The number of hydrogen-bond donors (Lipinski definition) is 1. The maximum atomic E-state index is 11.3. The van der Waals surface area contributed by atoms with Gasteiger partial charge in [-0.3, -0.25) is 9.69 Å². The number of aliphatic carboxylic acids is 1. The minimum absolute atomic E-state index is 0.337. The van der Waals surface area contributed by atoms with Crippen LogP contribution in [0.15, 0.2) is 18.2 Å². The van der Waals surface area contributed by atoms with Crippen molar-refractivity contribution in [2.45, 2.75) is 45.2 Å². The van der Waals surface area contributed by atoms with Gasteiger partial charge in [-0.25, -0.2) is 0 Å². The first-order valence-corrected chi connectivity index (χ1v) is 7.28. The minimum Gasteiger partial charge on any atom is -0.497 e. The normalized spacial score (nSPS) is 19.8. The number of likely N-dealkylation sites (tertiary alicyclic amines) is 1. The smallest absolute Gasteiger partial charge is 0.320 e. The first kappa shape index (κ1) is 14.9. The summed E-state index contributed by atoms with van der Waals surface area (Å²) in [5.74, 6) is 0.162. The van der Waals surface area contributed by atoms with Crippen molar-refractivity contribution >= 4 is 5.97 Å². The van der Waals surface area contributed by atoms with E-state index in [2.05, 4.69) is 24.0 Å². The van der Waals surface area contributed by atoms with Gasteiger partial charge in [0.1, 0.15) is 11.8 Å². The van der Waals surface area contributed by atoms with Crippen LogP contribution >= 0.6 is 0 Å². The Bertz CT molecular complexity index is 473. The maximum absolute atomic E-state index is 11.3. The third-order valence-corrected chi connectivity index (χ3v) is 4.07. The lowest BCUT2D eigenvalue weighted by Gasteiger charge is -2.33. The number of aryl methyl sites for hydroxylation is 1. The third kappa shape index (κ3) is 3.31. The molecule has 4 nitrogen and oxygen atoms in total. The van der Waals surface area contributed by atoms with E-state index in [-0.39, 0.29) is 6.04 Å². The molecule has 0 saturated carbocycles. The molecule has 1 unspecified atom stereocenters. The molecule has 1 atom stereocenters. The van der Waals surface area contributed by atoms with E-state index >= 15 is 0 Å². The van der Waals surface area contributed by atoms with E-state index in [0.29, 0.717) is 6.54 Å². The summed E-state index contributed by atoms with van der Waals surface area (Å²) < 4.78 is 5.25. The van der Waals surface area contributed by atoms with Crippen LogP contribution in [0.25, 0.3) is 0 Å². The highest BCUT2D eigenvalue weighted by molar-refractivity contribution is 5.73. The number of carbonyl (C=O) groups is 1. The molecule has 20 heavy (non-hydrogen) atoms. The Morgan fingerprint density at radius 3 is 2.85 bits per heavy atom. The van der Waals surface area contributed by atoms with Gasteiger partial charge in [0.15, 0.2) is 0 Å². The Hall–Kier alpha value is -1.55. The van der Waals surface area contributed by atoms with Gasteiger partial charge in [0.25, 0.3) is 0 Å². The number of carboxylic acids is 1. The van der Waals surface area contributed by atoms with Crippen molar-refractivity contribution in [3.8, 4) is 5.75 Å². The standard InChI is InChI=1S/C16H23NO3/c1-3-12-10-14(20-2)8-7-13(12)11-17-9-5-4-6-15(17)16(18)19/h7-8,10,15H,3-6,9,11H2,1-2H3,(H,18,19). The summed E-state index contributed by atoms with van der Waals surface area (Å²) in [7, 11) is 1.67. The van der Waals surface area contributed by atoms with E-state index in [1.165, 1.54) is 11.1 Å². The molecule has 0 spiro atoms. The Balaban J connectivity index is 2.17. The van der Waals surface area contributed by atoms with Gasteiger partial charge >= 0.3 is 5.97 Å².